The van der Waals surface area contributed by atoms with Gasteiger partial charge in [0.15, 0.2) is 0 Å². The fraction of sp³-hybridized carbons (Fsp3) is 0.125. The van der Waals surface area contributed by atoms with E-state index in [1.807, 2.05) is 5.94 Å². The molecule has 0 bridgehead atoms. The Morgan fingerprint density at radius 3 is 2.17 bits per heavy atom. The molecule has 3 rings (SSSR count). The zero-order valence-electron chi connectivity index (χ0n) is 16.4. The van der Waals surface area contributed by atoms with Crippen LogP contribution in [0, 0.1) is 5.82 Å². The van der Waals surface area contributed by atoms with Gasteiger partial charge in [-0.25, -0.2) is 9.18 Å². The molecule has 30 heavy (non-hydrogen) atoms. The van der Waals surface area contributed by atoms with Crippen molar-refractivity contribution in [3.8, 4) is 11.5 Å². The van der Waals surface area contributed by atoms with Gasteiger partial charge in [0.05, 0.1) is 19.1 Å². The van der Waals surface area contributed by atoms with Crippen molar-refractivity contribution < 1.29 is 23.5 Å². The van der Waals surface area contributed by atoms with E-state index < -0.39 is 0 Å². The predicted octanol–water partition coefficient (Wildman–Crippen LogP) is 4.31. The first-order chi connectivity index (χ1) is 14.6. The molecular weight excluding hydrogens is 385 g/mol. The van der Waals surface area contributed by atoms with E-state index >= 15 is 0 Å². The van der Waals surface area contributed by atoms with Crippen LogP contribution in [0.5, 0.6) is 11.5 Å². The fourth-order valence-corrected chi connectivity index (χ4v) is 2.75. The van der Waals surface area contributed by atoms with Gasteiger partial charge in [-0.2, -0.15) is 0 Å². The molecule has 5 nitrogen and oxygen atoms in total. The second-order valence-corrected chi connectivity index (χ2v) is 6.47. The molecule has 0 unspecified atom stereocenters. The topological polar surface area (TPSA) is 64.6 Å². The van der Waals surface area contributed by atoms with Gasteiger partial charge in [-0.05, 0) is 59.7 Å². The standard InChI is InChI=1S/C24H20FNO4/c1-29-22-10-4-18(5-11-22)19(15-27)16-30-23-12-8-21(9-13-23)26-24(28)14-17-2-6-20(25)7-3-17/h2-13H,14,16H2,1H3,(H,26,28). The monoisotopic (exact) mass is 405 g/mol. The van der Waals surface area contributed by atoms with Crippen LogP contribution in [-0.4, -0.2) is 25.6 Å². The van der Waals surface area contributed by atoms with Crippen LogP contribution < -0.4 is 14.8 Å². The highest BCUT2D eigenvalue weighted by atomic mass is 19.1. The van der Waals surface area contributed by atoms with E-state index in [1.54, 1.807) is 67.8 Å². The van der Waals surface area contributed by atoms with Crippen molar-refractivity contribution in [1.82, 2.24) is 0 Å². The first-order valence-electron chi connectivity index (χ1n) is 9.23. The van der Waals surface area contributed by atoms with E-state index in [0.29, 0.717) is 28.3 Å². The van der Waals surface area contributed by atoms with Gasteiger partial charge in [-0.3, -0.25) is 4.79 Å². The molecule has 0 saturated carbocycles. The number of hydrogen-bond donors (Lipinski definition) is 1. The lowest BCUT2D eigenvalue weighted by Crippen LogP contribution is -2.14. The molecule has 0 saturated heterocycles. The van der Waals surface area contributed by atoms with E-state index in [-0.39, 0.29) is 24.8 Å². The molecule has 0 radical (unpaired) electrons. The van der Waals surface area contributed by atoms with Crippen molar-refractivity contribution in [1.29, 1.82) is 0 Å². The van der Waals surface area contributed by atoms with E-state index in [4.69, 9.17) is 9.47 Å². The van der Waals surface area contributed by atoms with Gasteiger partial charge >= 0.3 is 0 Å². The number of carbonyl (C=O) groups is 1. The Hall–Kier alpha value is -3.89. The molecule has 3 aromatic carbocycles. The minimum absolute atomic E-state index is 0.0616. The van der Waals surface area contributed by atoms with Gasteiger partial charge in [0.2, 0.25) is 5.91 Å². The Bertz CT molecular complexity index is 1040. The van der Waals surface area contributed by atoms with Crippen LogP contribution >= 0.6 is 0 Å². The first kappa shape index (κ1) is 20.8. The lowest BCUT2D eigenvalue weighted by molar-refractivity contribution is -0.115. The van der Waals surface area contributed by atoms with Gasteiger partial charge in [-0.15, -0.1) is 0 Å². The number of ether oxygens (including phenoxy) is 2. The smallest absolute Gasteiger partial charge is 0.228 e. The Balaban J connectivity index is 1.53. The summed E-state index contributed by atoms with van der Waals surface area (Å²) in [7, 11) is 1.57. The van der Waals surface area contributed by atoms with Crippen LogP contribution in [0.2, 0.25) is 0 Å². The number of anilines is 1. The second kappa shape index (κ2) is 10.0. The molecule has 1 amide bonds. The lowest BCUT2D eigenvalue weighted by Gasteiger charge is -2.10. The normalized spacial score (nSPS) is 10.1. The van der Waals surface area contributed by atoms with Gasteiger partial charge in [0, 0.05) is 5.69 Å². The number of carbonyl (C=O) groups excluding carboxylic acids is 2. The zero-order valence-corrected chi connectivity index (χ0v) is 16.4. The molecule has 0 spiro atoms. The van der Waals surface area contributed by atoms with Gasteiger partial charge in [-0.1, -0.05) is 24.3 Å². The highest BCUT2D eigenvalue weighted by Crippen LogP contribution is 2.20. The SMILES string of the molecule is COc1ccc(C(=C=O)COc2ccc(NC(=O)Cc3ccc(F)cc3)cc2)cc1. The van der Waals surface area contributed by atoms with E-state index in [2.05, 4.69) is 5.32 Å². The third-order valence-corrected chi connectivity index (χ3v) is 4.36. The van der Waals surface area contributed by atoms with Crippen LogP contribution in [0.1, 0.15) is 11.1 Å². The number of methoxy groups -OCH3 is 1. The van der Waals surface area contributed by atoms with Crippen molar-refractivity contribution >= 4 is 23.1 Å². The zero-order chi connectivity index (χ0) is 21.3. The van der Waals surface area contributed by atoms with E-state index in [0.717, 1.165) is 5.56 Å². The Kier molecular flexibility index (Phi) is 6.98. The Morgan fingerprint density at radius 2 is 1.57 bits per heavy atom. The first-order valence-corrected chi connectivity index (χ1v) is 9.23. The molecule has 6 heteroatoms. The van der Waals surface area contributed by atoms with Crippen molar-refractivity contribution in [2.45, 2.75) is 6.42 Å². The summed E-state index contributed by atoms with van der Waals surface area (Å²) in [6, 6.07) is 19.7. The number of benzene rings is 3. The highest BCUT2D eigenvalue weighted by Gasteiger charge is 2.07. The number of nitrogens with one attached hydrogen (secondary N) is 1. The molecular formula is C24H20FNO4. The second-order valence-electron chi connectivity index (χ2n) is 6.47. The van der Waals surface area contributed by atoms with Crippen LogP contribution in [0.25, 0.3) is 5.57 Å². The molecule has 0 heterocycles. The molecule has 0 aliphatic rings. The summed E-state index contributed by atoms with van der Waals surface area (Å²) in [5.41, 5.74) is 2.42. The summed E-state index contributed by atoms with van der Waals surface area (Å²) < 4.78 is 23.7. The van der Waals surface area contributed by atoms with Crippen molar-refractivity contribution in [3.63, 3.8) is 0 Å². The molecule has 0 fully saturated rings. The van der Waals surface area contributed by atoms with Crippen LogP contribution in [-0.2, 0) is 16.0 Å². The van der Waals surface area contributed by atoms with Gasteiger partial charge in [0.1, 0.15) is 29.9 Å². The Morgan fingerprint density at radius 1 is 0.933 bits per heavy atom. The molecule has 0 atom stereocenters. The largest absolute Gasteiger partial charge is 0.497 e. The molecule has 0 aliphatic heterocycles. The lowest BCUT2D eigenvalue weighted by atomic mass is 10.1. The number of amides is 1. The summed E-state index contributed by atoms with van der Waals surface area (Å²) in [5, 5.41) is 2.78. The van der Waals surface area contributed by atoms with Crippen LogP contribution in [0.4, 0.5) is 10.1 Å². The Labute approximate surface area is 173 Å². The predicted molar refractivity (Wildman–Crippen MR) is 113 cm³/mol. The summed E-state index contributed by atoms with van der Waals surface area (Å²) in [6.07, 6.45) is 0.147. The maximum Gasteiger partial charge on any atom is 0.228 e. The average Bonchev–Trinajstić information content (AvgIpc) is 2.77. The molecule has 0 aromatic heterocycles. The molecule has 152 valence electrons. The third-order valence-electron chi connectivity index (χ3n) is 4.36. The van der Waals surface area contributed by atoms with Crippen molar-refractivity contribution in [2.24, 2.45) is 0 Å². The fourth-order valence-electron chi connectivity index (χ4n) is 2.75. The molecule has 0 aliphatic carbocycles. The van der Waals surface area contributed by atoms with E-state index in [1.165, 1.54) is 12.1 Å². The quantitative estimate of drug-likeness (QED) is 0.567. The summed E-state index contributed by atoms with van der Waals surface area (Å²) >= 11 is 0. The number of rotatable bonds is 8. The number of halogens is 1. The summed E-state index contributed by atoms with van der Waals surface area (Å²) in [5.74, 6) is 2.61. The molecule has 3 aromatic rings. The van der Waals surface area contributed by atoms with Gasteiger partial charge in [0.25, 0.3) is 0 Å². The van der Waals surface area contributed by atoms with E-state index in [9.17, 15) is 14.0 Å². The van der Waals surface area contributed by atoms with Crippen molar-refractivity contribution in [2.75, 3.05) is 19.0 Å². The third kappa shape index (κ3) is 5.80. The minimum Gasteiger partial charge on any atom is -0.497 e. The highest BCUT2D eigenvalue weighted by molar-refractivity contribution is 5.92. The maximum absolute atomic E-state index is 12.9. The number of hydrogen-bond acceptors (Lipinski definition) is 4. The average molecular weight is 405 g/mol. The van der Waals surface area contributed by atoms with Gasteiger partial charge < -0.3 is 14.8 Å². The van der Waals surface area contributed by atoms with Crippen LogP contribution in [0.3, 0.4) is 0 Å². The minimum atomic E-state index is -0.339. The summed E-state index contributed by atoms with van der Waals surface area (Å²) in [4.78, 5) is 23.4. The molecule has 1 N–H and O–H groups in total. The van der Waals surface area contributed by atoms with Crippen molar-refractivity contribution in [3.05, 3.63) is 89.7 Å². The van der Waals surface area contributed by atoms with Crippen LogP contribution in [0.15, 0.2) is 72.8 Å². The summed E-state index contributed by atoms with van der Waals surface area (Å²) in [6.45, 7) is 0.0616. The maximum atomic E-state index is 12.9.